The van der Waals surface area contributed by atoms with Crippen molar-refractivity contribution in [3.05, 3.63) is 59.7 Å². The molecule has 0 saturated heterocycles. The van der Waals surface area contributed by atoms with E-state index in [0.29, 0.717) is 28.8 Å². The molecule has 0 aromatic carbocycles. The quantitative estimate of drug-likeness (QED) is 0.384. The van der Waals surface area contributed by atoms with Crippen molar-refractivity contribution in [2.45, 2.75) is 33.3 Å². The average molecular weight is 428 g/mol. The fourth-order valence-electron chi connectivity index (χ4n) is 2.77. The Morgan fingerprint density at radius 1 is 1.26 bits per heavy atom. The lowest BCUT2D eigenvalue weighted by atomic mass is 10.2. The highest BCUT2D eigenvalue weighted by molar-refractivity contribution is 5.74. The van der Waals surface area contributed by atoms with Crippen molar-refractivity contribution in [1.82, 2.24) is 35.0 Å². The molecule has 0 spiro atoms. The van der Waals surface area contributed by atoms with Crippen molar-refractivity contribution in [2.75, 3.05) is 0 Å². The first-order valence-electron chi connectivity index (χ1n) is 9.41. The molecule has 3 aromatic heterocycles. The molecule has 11 heteroatoms. The highest BCUT2D eigenvalue weighted by Crippen LogP contribution is 2.20. The number of aromatic nitrogens is 7. The summed E-state index contributed by atoms with van der Waals surface area (Å²) in [7, 11) is 1.70. The third kappa shape index (κ3) is 5.44. The van der Waals surface area contributed by atoms with Crippen molar-refractivity contribution >= 4 is 11.9 Å². The molecule has 0 unspecified atom stereocenters. The predicted molar refractivity (Wildman–Crippen MR) is 111 cm³/mol. The predicted octanol–water partition coefficient (Wildman–Crippen LogP) is 3.24. The van der Waals surface area contributed by atoms with Crippen molar-refractivity contribution in [3.8, 4) is 11.7 Å². The third-order valence-corrected chi connectivity index (χ3v) is 4.18. The summed E-state index contributed by atoms with van der Waals surface area (Å²) >= 11 is 0. The van der Waals surface area contributed by atoms with E-state index in [1.54, 1.807) is 29.9 Å². The summed E-state index contributed by atoms with van der Waals surface area (Å²) in [5.74, 6) is 0.873. The molecule has 162 valence electrons. The van der Waals surface area contributed by atoms with Gasteiger partial charge in [-0.1, -0.05) is 17.9 Å². The van der Waals surface area contributed by atoms with Crippen LogP contribution >= 0.6 is 0 Å². The molecule has 0 saturated carbocycles. The van der Waals surface area contributed by atoms with E-state index in [4.69, 9.17) is 4.74 Å². The summed E-state index contributed by atoms with van der Waals surface area (Å²) in [6, 6.07) is 5.38. The lowest BCUT2D eigenvalue weighted by Gasteiger charge is -2.08. The standard InChI is InChI=1S/C20H22F2N8O/c1-5-6-15(23-10-9-17(21)22)20-16(29(4)28-26-20)12-31-19-8-7-18(24-25-19)30-14(3)11-13(2)27-30/h5-8,10-11,17H,1,9,12H2,2-4H3/b15-6-,23-10?. The molecule has 0 bridgehead atoms. The van der Waals surface area contributed by atoms with Crippen LogP contribution in [0, 0.1) is 13.8 Å². The van der Waals surface area contributed by atoms with E-state index in [2.05, 4.69) is 37.2 Å². The van der Waals surface area contributed by atoms with E-state index in [9.17, 15) is 8.78 Å². The SMILES string of the molecule is C=C/C=C(\N=CCC(F)F)c1nnn(C)c1COc1ccc(-n2nc(C)cc2C)nn1. The van der Waals surface area contributed by atoms with Gasteiger partial charge in [-0.05, 0) is 32.1 Å². The van der Waals surface area contributed by atoms with Gasteiger partial charge >= 0.3 is 0 Å². The minimum absolute atomic E-state index is 0.0750. The van der Waals surface area contributed by atoms with Gasteiger partial charge in [0.15, 0.2) is 5.82 Å². The Balaban J connectivity index is 1.75. The zero-order valence-electron chi connectivity index (χ0n) is 17.4. The van der Waals surface area contributed by atoms with Crippen molar-refractivity contribution < 1.29 is 13.5 Å². The molecule has 3 heterocycles. The second kappa shape index (κ2) is 9.83. The molecule has 0 radical (unpaired) electrons. The summed E-state index contributed by atoms with van der Waals surface area (Å²) in [5.41, 5.74) is 3.18. The number of alkyl halides is 2. The summed E-state index contributed by atoms with van der Waals surface area (Å²) < 4.78 is 33.8. The molecule has 0 N–H and O–H groups in total. The minimum atomic E-state index is -2.48. The van der Waals surface area contributed by atoms with Crippen LogP contribution < -0.4 is 4.74 Å². The highest BCUT2D eigenvalue weighted by Gasteiger charge is 2.16. The van der Waals surface area contributed by atoms with E-state index in [0.717, 1.165) is 17.6 Å². The fraction of sp³-hybridized carbons (Fsp3) is 0.300. The van der Waals surface area contributed by atoms with Gasteiger partial charge in [-0.3, -0.25) is 4.99 Å². The number of hydrogen-bond acceptors (Lipinski definition) is 7. The third-order valence-electron chi connectivity index (χ3n) is 4.18. The molecule has 0 atom stereocenters. The average Bonchev–Trinajstić information content (AvgIpc) is 3.27. The van der Waals surface area contributed by atoms with E-state index >= 15 is 0 Å². The Labute approximate surface area is 177 Å². The van der Waals surface area contributed by atoms with Crippen LogP contribution in [0.4, 0.5) is 8.78 Å². The first-order chi connectivity index (χ1) is 14.9. The van der Waals surface area contributed by atoms with Crippen LogP contribution in [0.15, 0.2) is 41.9 Å². The molecule has 9 nitrogen and oxygen atoms in total. The van der Waals surface area contributed by atoms with Gasteiger partial charge in [0.2, 0.25) is 12.3 Å². The molecule has 0 amide bonds. The Bertz CT molecular complexity index is 1100. The molecular weight excluding hydrogens is 406 g/mol. The van der Waals surface area contributed by atoms with Gasteiger partial charge in [0.05, 0.1) is 11.4 Å². The van der Waals surface area contributed by atoms with Gasteiger partial charge in [0.25, 0.3) is 0 Å². The van der Waals surface area contributed by atoms with Gasteiger partial charge in [-0.15, -0.1) is 15.3 Å². The molecular formula is C20H22F2N8O. The van der Waals surface area contributed by atoms with E-state index < -0.39 is 12.8 Å². The lowest BCUT2D eigenvalue weighted by molar-refractivity contribution is 0.159. The number of aryl methyl sites for hydroxylation is 3. The molecule has 31 heavy (non-hydrogen) atoms. The fourth-order valence-corrected chi connectivity index (χ4v) is 2.77. The first kappa shape index (κ1) is 21.9. The number of hydrogen-bond donors (Lipinski definition) is 0. The van der Waals surface area contributed by atoms with E-state index in [-0.39, 0.29) is 6.61 Å². The van der Waals surface area contributed by atoms with Crippen LogP contribution in [0.2, 0.25) is 0 Å². The Morgan fingerprint density at radius 2 is 2.06 bits per heavy atom. The minimum Gasteiger partial charge on any atom is -0.470 e. The topological polar surface area (TPSA) is 95.9 Å². The van der Waals surface area contributed by atoms with Gasteiger partial charge < -0.3 is 4.74 Å². The molecule has 3 rings (SSSR count). The summed E-state index contributed by atoms with van der Waals surface area (Å²) in [6.45, 7) is 7.54. The first-order valence-corrected chi connectivity index (χ1v) is 9.41. The van der Waals surface area contributed by atoms with Crippen LogP contribution in [0.1, 0.15) is 29.2 Å². The summed E-state index contributed by atoms with van der Waals surface area (Å²) in [6.07, 6.45) is 1.27. The maximum atomic E-state index is 12.4. The van der Waals surface area contributed by atoms with Gasteiger partial charge in [-0.2, -0.15) is 5.10 Å². The molecule has 0 aliphatic carbocycles. The second-order valence-corrected chi connectivity index (χ2v) is 6.59. The Morgan fingerprint density at radius 3 is 2.68 bits per heavy atom. The van der Waals surface area contributed by atoms with Gasteiger partial charge in [0.1, 0.15) is 18.0 Å². The van der Waals surface area contributed by atoms with Crippen molar-refractivity contribution in [1.29, 1.82) is 0 Å². The molecule has 3 aromatic rings. The zero-order chi connectivity index (χ0) is 22.4. The Hall–Kier alpha value is -3.76. The molecule has 0 aliphatic heterocycles. The second-order valence-electron chi connectivity index (χ2n) is 6.59. The van der Waals surface area contributed by atoms with Crippen LogP contribution in [-0.2, 0) is 13.7 Å². The van der Waals surface area contributed by atoms with E-state index in [1.165, 1.54) is 10.8 Å². The molecule has 0 aliphatic rings. The largest absolute Gasteiger partial charge is 0.470 e. The lowest BCUT2D eigenvalue weighted by Crippen LogP contribution is -2.08. The van der Waals surface area contributed by atoms with Crippen molar-refractivity contribution in [2.24, 2.45) is 12.0 Å². The summed E-state index contributed by atoms with van der Waals surface area (Å²) in [5, 5.41) is 20.7. The maximum absolute atomic E-state index is 12.4. The smallest absolute Gasteiger partial charge is 0.243 e. The zero-order valence-corrected chi connectivity index (χ0v) is 17.4. The van der Waals surface area contributed by atoms with Crippen LogP contribution in [0.5, 0.6) is 5.88 Å². The van der Waals surface area contributed by atoms with Crippen LogP contribution in [0.3, 0.4) is 0 Å². The van der Waals surface area contributed by atoms with Crippen LogP contribution in [0.25, 0.3) is 11.5 Å². The van der Waals surface area contributed by atoms with Gasteiger partial charge in [-0.25, -0.2) is 18.1 Å². The number of aliphatic imine (C=N–C) groups is 1. The number of halogens is 2. The normalized spacial score (nSPS) is 12.1. The Kier molecular flexibility index (Phi) is 6.96. The summed E-state index contributed by atoms with van der Waals surface area (Å²) in [4.78, 5) is 4.08. The van der Waals surface area contributed by atoms with Gasteiger partial charge in [0, 0.05) is 31.4 Å². The van der Waals surface area contributed by atoms with Crippen LogP contribution in [-0.4, -0.2) is 47.6 Å². The molecule has 0 fully saturated rings. The van der Waals surface area contributed by atoms with Crippen molar-refractivity contribution in [3.63, 3.8) is 0 Å². The number of ether oxygens (including phenoxy) is 1. The number of allylic oxidation sites excluding steroid dienone is 2. The monoisotopic (exact) mass is 428 g/mol. The maximum Gasteiger partial charge on any atom is 0.243 e. The number of nitrogens with zero attached hydrogens (tertiary/aromatic N) is 8. The van der Waals surface area contributed by atoms with E-state index in [1.807, 2.05) is 19.9 Å². The number of rotatable bonds is 9. The highest BCUT2D eigenvalue weighted by atomic mass is 19.3.